The van der Waals surface area contributed by atoms with Gasteiger partial charge in [0.2, 0.25) is 0 Å². The molecule has 1 aromatic carbocycles. The van der Waals surface area contributed by atoms with Gasteiger partial charge in [-0.05, 0) is 24.5 Å². The lowest BCUT2D eigenvalue weighted by molar-refractivity contribution is 0.198. The SMILES string of the molecule is CN=C(NCc1cccnc1N(C)C)NC1CCN(Cc2ccccc2)CC1.I. The van der Waals surface area contributed by atoms with E-state index in [2.05, 4.69) is 61.9 Å². The molecule has 1 fully saturated rings. The van der Waals surface area contributed by atoms with Gasteiger partial charge in [-0.3, -0.25) is 9.89 Å². The Kier molecular flexibility index (Phi) is 9.66. The summed E-state index contributed by atoms with van der Waals surface area (Å²) >= 11 is 0. The normalized spacial score (nSPS) is 15.5. The van der Waals surface area contributed by atoms with Crippen molar-refractivity contribution in [3.05, 3.63) is 59.8 Å². The van der Waals surface area contributed by atoms with Gasteiger partial charge in [-0.15, -0.1) is 24.0 Å². The highest BCUT2D eigenvalue weighted by atomic mass is 127. The fourth-order valence-electron chi connectivity index (χ4n) is 3.61. The van der Waals surface area contributed by atoms with Crippen LogP contribution >= 0.6 is 24.0 Å². The van der Waals surface area contributed by atoms with Gasteiger partial charge >= 0.3 is 0 Å². The van der Waals surface area contributed by atoms with E-state index in [0.29, 0.717) is 12.6 Å². The van der Waals surface area contributed by atoms with Crippen LogP contribution < -0.4 is 15.5 Å². The highest BCUT2D eigenvalue weighted by Crippen LogP contribution is 2.15. The number of nitrogens with one attached hydrogen (secondary N) is 2. The van der Waals surface area contributed by atoms with Crippen LogP contribution in [0.1, 0.15) is 24.0 Å². The molecule has 1 aromatic heterocycles. The van der Waals surface area contributed by atoms with Gasteiger partial charge in [0.15, 0.2) is 5.96 Å². The highest BCUT2D eigenvalue weighted by molar-refractivity contribution is 14.0. The standard InChI is InChI=1S/C22H32N6.HI/c1-23-22(25-16-19-10-7-13-24-21(19)27(2)3)26-20-11-14-28(15-12-20)17-18-8-5-4-6-9-18;/h4-10,13,20H,11-12,14-17H2,1-3H3,(H2,23,25,26);1H. The molecule has 0 atom stereocenters. The van der Waals surface area contributed by atoms with Crippen molar-refractivity contribution in [2.45, 2.75) is 32.0 Å². The minimum absolute atomic E-state index is 0. The molecule has 0 spiro atoms. The van der Waals surface area contributed by atoms with E-state index in [1.54, 1.807) is 0 Å². The van der Waals surface area contributed by atoms with Crippen LogP contribution in [0.15, 0.2) is 53.7 Å². The number of pyridine rings is 1. The van der Waals surface area contributed by atoms with Crippen LogP contribution in [0.2, 0.25) is 0 Å². The molecule has 0 saturated carbocycles. The molecule has 158 valence electrons. The summed E-state index contributed by atoms with van der Waals surface area (Å²) in [5.41, 5.74) is 2.55. The van der Waals surface area contributed by atoms with Crippen LogP contribution in [0, 0.1) is 0 Å². The third-order valence-electron chi connectivity index (χ3n) is 5.14. The van der Waals surface area contributed by atoms with Crippen LogP contribution in [-0.4, -0.2) is 56.1 Å². The second kappa shape index (κ2) is 12.0. The number of piperidine rings is 1. The van der Waals surface area contributed by atoms with E-state index in [0.717, 1.165) is 49.8 Å². The average molecular weight is 508 g/mol. The molecule has 0 radical (unpaired) electrons. The first-order chi connectivity index (χ1) is 13.7. The summed E-state index contributed by atoms with van der Waals surface area (Å²) in [4.78, 5) is 13.4. The number of rotatable bonds is 6. The maximum atomic E-state index is 4.46. The number of likely N-dealkylation sites (tertiary alicyclic amines) is 1. The maximum Gasteiger partial charge on any atom is 0.191 e. The number of anilines is 1. The fourth-order valence-corrected chi connectivity index (χ4v) is 3.61. The summed E-state index contributed by atoms with van der Waals surface area (Å²) < 4.78 is 0. The number of aliphatic imine (C=N–C) groups is 1. The molecule has 1 aliphatic rings. The monoisotopic (exact) mass is 508 g/mol. The number of guanidine groups is 1. The Bertz CT molecular complexity index is 757. The Morgan fingerprint density at radius 3 is 2.52 bits per heavy atom. The summed E-state index contributed by atoms with van der Waals surface area (Å²) in [7, 11) is 5.86. The van der Waals surface area contributed by atoms with Crippen molar-refractivity contribution >= 4 is 35.8 Å². The first-order valence-electron chi connectivity index (χ1n) is 10.0. The summed E-state index contributed by atoms with van der Waals surface area (Å²) in [5.74, 6) is 1.84. The number of hydrogen-bond acceptors (Lipinski definition) is 4. The van der Waals surface area contributed by atoms with Crippen molar-refractivity contribution in [3.8, 4) is 0 Å². The number of nitrogens with zero attached hydrogens (tertiary/aromatic N) is 4. The molecule has 0 amide bonds. The summed E-state index contributed by atoms with van der Waals surface area (Å²) in [5, 5.41) is 7.03. The quantitative estimate of drug-likeness (QED) is 0.357. The van der Waals surface area contributed by atoms with E-state index in [1.165, 1.54) is 5.56 Å². The Hall–Kier alpha value is -1.87. The molecule has 0 unspecified atom stereocenters. The predicted octanol–water partition coefficient (Wildman–Crippen LogP) is 3.10. The average Bonchev–Trinajstić information content (AvgIpc) is 2.73. The zero-order valence-electron chi connectivity index (χ0n) is 17.6. The summed E-state index contributed by atoms with van der Waals surface area (Å²) in [6.07, 6.45) is 4.09. The van der Waals surface area contributed by atoms with E-state index in [9.17, 15) is 0 Å². The van der Waals surface area contributed by atoms with Gasteiger partial charge in [0, 0.05) is 65.1 Å². The second-order valence-electron chi connectivity index (χ2n) is 7.49. The molecule has 2 aromatic rings. The van der Waals surface area contributed by atoms with Crippen molar-refractivity contribution in [3.63, 3.8) is 0 Å². The van der Waals surface area contributed by atoms with E-state index >= 15 is 0 Å². The topological polar surface area (TPSA) is 55.8 Å². The van der Waals surface area contributed by atoms with Gasteiger partial charge in [0.1, 0.15) is 5.82 Å². The van der Waals surface area contributed by atoms with Crippen molar-refractivity contribution < 1.29 is 0 Å². The van der Waals surface area contributed by atoms with Crippen LogP contribution in [0.25, 0.3) is 0 Å². The third-order valence-corrected chi connectivity index (χ3v) is 5.14. The lowest BCUT2D eigenvalue weighted by Gasteiger charge is -2.33. The van der Waals surface area contributed by atoms with E-state index in [1.807, 2.05) is 38.3 Å². The van der Waals surface area contributed by atoms with Crippen LogP contribution in [-0.2, 0) is 13.1 Å². The Labute approximate surface area is 191 Å². The molecule has 1 aliphatic heterocycles. The number of halogens is 1. The molecule has 7 heteroatoms. The molecule has 2 heterocycles. The molecule has 3 rings (SSSR count). The molecule has 0 aliphatic carbocycles. The van der Waals surface area contributed by atoms with Gasteiger partial charge in [0.25, 0.3) is 0 Å². The second-order valence-corrected chi connectivity index (χ2v) is 7.49. The van der Waals surface area contributed by atoms with Gasteiger partial charge in [0.05, 0.1) is 0 Å². The number of hydrogen-bond donors (Lipinski definition) is 2. The molecular weight excluding hydrogens is 475 g/mol. The van der Waals surface area contributed by atoms with Crippen molar-refractivity contribution in [1.29, 1.82) is 0 Å². The number of benzene rings is 1. The minimum atomic E-state index is 0. The van der Waals surface area contributed by atoms with Crippen LogP contribution in [0.4, 0.5) is 5.82 Å². The van der Waals surface area contributed by atoms with E-state index in [-0.39, 0.29) is 24.0 Å². The van der Waals surface area contributed by atoms with Gasteiger partial charge in [-0.1, -0.05) is 36.4 Å². The summed E-state index contributed by atoms with van der Waals surface area (Å²) in [6.45, 7) is 3.95. The minimum Gasteiger partial charge on any atom is -0.362 e. The van der Waals surface area contributed by atoms with E-state index in [4.69, 9.17) is 0 Å². The van der Waals surface area contributed by atoms with Gasteiger partial charge in [-0.2, -0.15) is 0 Å². The third kappa shape index (κ3) is 7.15. The van der Waals surface area contributed by atoms with Crippen molar-refractivity contribution in [1.82, 2.24) is 20.5 Å². The zero-order valence-corrected chi connectivity index (χ0v) is 20.0. The lowest BCUT2D eigenvalue weighted by Crippen LogP contribution is -2.48. The van der Waals surface area contributed by atoms with Crippen LogP contribution in [0.3, 0.4) is 0 Å². The van der Waals surface area contributed by atoms with Gasteiger partial charge in [-0.25, -0.2) is 4.98 Å². The Balaban J connectivity index is 0.00000300. The largest absolute Gasteiger partial charge is 0.362 e. The van der Waals surface area contributed by atoms with Crippen LogP contribution in [0.5, 0.6) is 0 Å². The molecular formula is C22H33IN6. The van der Waals surface area contributed by atoms with Crippen molar-refractivity contribution in [2.75, 3.05) is 39.1 Å². The lowest BCUT2D eigenvalue weighted by atomic mass is 10.0. The predicted molar refractivity (Wildman–Crippen MR) is 132 cm³/mol. The Morgan fingerprint density at radius 2 is 1.86 bits per heavy atom. The van der Waals surface area contributed by atoms with E-state index < -0.39 is 0 Å². The highest BCUT2D eigenvalue weighted by Gasteiger charge is 2.20. The first-order valence-corrected chi connectivity index (χ1v) is 10.0. The molecule has 0 bridgehead atoms. The first kappa shape index (κ1) is 23.4. The maximum absolute atomic E-state index is 4.46. The Morgan fingerprint density at radius 1 is 1.14 bits per heavy atom. The summed E-state index contributed by atoms with van der Waals surface area (Å²) in [6, 6.07) is 15.2. The molecule has 29 heavy (non-hydrogen) atoms. The molecule has 6 nitrogen and oxygen atoms in total. The fraction of sp³-hybridized carbons (Fsp3) is 0.455. The van der Waals surface area contributed by atoms with Crippen molar-refractivity contribution in [2.24, 2.45) is 4.99 Å². The molecule has 2 N–H and O–H groups in total. The zero-order chi connectivity index (χ0) is 19.8. The smallest absolute Gasteiger partial charge is 0.191 e. The number of aromatic nitrogens is 1. The van der Waals surface area contributed by atoms with Gasteiger partial charge < -0.3 is 15.5 Å². The molecule has 1 saturated heterocycles.